The minimum atomic E-state index is 0.212. The molecule has 1 atom stereocenters. The molecular formula is C18H25ClO2. The molecule has 0 saturated heterocycles. The van der Waals surface area contributed by atoms with Gasteiger partial charge in [-0.1, -0.05) is 38.4 Å². The second kappa shape index (κ2) is 5.72. The van der Waals surface area contributed by atoms with Gasteiger partial charge in [-0.3, -0.25) is 0 Å². The van der Waals surface area contributed by atoms with Crippen molar-refractivity contribution < 1.29 is 9.47 Å². The summed E-state index contributed by atoms with van der Waals surface area (Å²) in [6.07, 6.45) is 4.78. The van der Waals surface area contributed by atoms with Crippen LogP contribution in [-0.4, -0.2) is 13.2 Å². The van der Waals surface area contributed by atoms with Gasteiger partial charge in [-0.15, -0.1) is 0 Å². The first-order valence-corrected chi connectivity index (χ1v) is 8.42. The number of benzene rings is 1. The van der Waals surface area contributed by atoms with Crippen molar-refractivity contribution in [3.8, 4) is 11.5 Å². The highest BCUT2D eigenvalue weighted by Gasteiger charge is 2.33. The Kier molecular flexibility index (Phi) is 4.09. The van der Waals surface area contributed by atoms with Crippen LogP contribution in [0.25, 0.3) is 0 Å². The smallest absolute Gasteiger partial charge is 0.180 e. The minimum Gasteiger partial charge on any atom is -0.489 e. The van der Waals surface area contributed by atoms with E-state index in [1.165, 1.54) is 18.4 Å². The number of hydrogen-bond acceptors (Lipinski definition) is 2. The standard InChI is InChI=1S/C18H25ClO2/c1-18(2,3)14-5-4-10-20-16-13(14)8-9-15(19)17(16)21-11-12-6-7-12/h8-9,12,14H,4-7,10-11H2,1-3H3/t14-/m1/s1. The first-order valence-electron chi connectivity index (χ1n) is 8.05. The summed E-state index contributed by atoms with van der Waals surface area (Å²) in [7, 11) is 0. The third-order valence-corrected chi connectivity index (χ3v) is 4.86. The highest BCUT2D eigenvalue weighted by Crippen LogP contribution is 2.49. The molecule has 2 nitrogen and oxygen atoms in total. The predicted molar refractivity (Wildman–Crippen MR) is 86.6 cm³/mol. The first kappa shape index (κ1) is 15.0. The van der Waals surface area contributed by atoms with Crippen LogP contribution >= 0.6 is 11.6 Å². The van der Waals surface area contributed by atoms with Gasteiger partial charge < -0.3 is 9.47 Å². The van der Waals surface area contributed by atoms with E-state index in [9.17, 15) is 0 Å². The van der Waals surface area contributed by atoms with Crippen LogP contribution in [0.3, 0.4) is 0 Å². The normalized spacial score (nSPS) is 22.2. The average molecular weight is 309 g/mol. The van der Waals surface area contributed by atoms with Crippen molar-refractivity contribution >= 4 is 11.6 Å². The monoisotopic (exact) mass is 308 g/mol. The van der Waals surface area contributed by atoms with Crippen molar-refractivity contribution in [2.24, 2.45) is 11.3 Å². The van der Waals surface area contributed by atoms with E-state index in [0.717, 1.165) is 37.6 Å². The summed E-state index contributed by atoms with van der Waals surface area (Å²) < 4.78 is 12.0. The Morgan fingerprint density at radius 1 is 1.24 bits per heavy atom. The molecule has 1 aliphatic heterocycles. The van der Waals surface area contributed by atoms with E-state index in [4.69, 9.17) is 21.1 Å². The summed E-state index contributed by atoms with van der Waals surface area (Å²) in [4.78, 5) is 0. The Morgan fingerprint density at radius 3 is 2.67 bits per heavy atom. The topological polar surface area (TPSA) is 18.5 Å². The number of halogens is 1. The van der Waals surface area contributed by atoms with E-state index in [0.29, 0.717) is 16.9 Å². The zero-order chi connectivity index (χ0) is 15.0. The Labute approximate surface area is 132 Å². The van der Waals surface area contributed by atoms with E-state index < -0.39 is 0 Å². The molecule has 1 aliphatic carbocycles. The van der Waals surface area contributed by atoms with Gasteiger partial charge in [0.2, 0.25) is 0 Å². The highest BCUT2D eigenvalue weighted by atomic mass is 35.5. The lowest BCUT2D eigenvalue weighted by molar-refractivity contribution is 0.260. The lowest BCUT2D eigenvalue weighted by atomic mass is 9.74. The molecule has 0 aromatic heterocycles. The van der Waals surface area contributed by atoms with Crippen LogP contribution in [-0.2, 0) is 0 Å². The molecular weight excluding hydrogens is 284 g/mol. The predicted octanol–water partition coefficient (Wildman–Crippen LogP) is 5.43. The van der Waals surface area contributed by atoms with Gasteiger partial charge in [-0.25, -0.2) is 0 Å². The Balaban J connectivity index is 1.97. The molecule has 1 saturated carbocycles. The van der Waals surface area contributed by atoms with Gasteiger partial charge in [0.25, 0.3) is 0 Å². The van der Waals surface area contributed by atoms with Gasteiger partial charge in [-0.2, -0.15) is 0 Å². The number of rotatable bonds is 3. The Bertz CT molecular complexity index is 515. The maximum Gasteiger partial charge on any atom is 0.180 e. The van der Waals surface area contributed by atoms with Crippen LogP contribution < -0.4 is 9.47 Å². The van der Waals surface area contributed by atoms with Crippen molar-refractivity contribution in [3.63, 3.8) is 0 Å². The number of fused-ring (bicyclic) bond motifs is 1. The van der Waals surface area contributed by atoms with Gasteiger partial charge in [-0.05, 0) is 49.0 Å². The number of ether oxygens (including phenoxy) is 2. The second-order valence-corrected chi connectivity index (χ2v) is 7.87. The summed E-state index contributed by atoms with van der Waals surface area (Å²) in [5.74, 6) is 2.84. The molecule has 3 heteroatoms. The molecule has 0 N–H and O–H groups in total. The summed E-state index contributed by atoms with van der Waals surface area (Å²) >= 11 is 6.38. The van der Waals surface area contributed by atoms with Gasteiger partial charge in [0.1, 0.15) is 0 Å². The fraction of sp³-hybridized carbons (Fsp3) is 0.667. The first-order chi connectivity index (χ1) is 9.97. The molecule has 21 heavy (non-hydrogen) atoms. The summed E-state index contributed by atoms with van der Waals surface area (Å²) in [5, 5.41) is 0.670. The maximum atomic E-state index is 6.38. The maximum absolute atomic E-state index is 6.38. The third-order valence-electron chi connectivity index (χ3n) is 4.56. The summed E-state index contributed by atoms with van der Waals surface area (Å²) in [6.45, 7) is 8.41. The quantitative estimate of drug-likeness (QED) is 0.741. The molecule has 0 spiro atoms. The van der Waals surface area contributed by atoms with Gasteiger partial charge in [0.15, 0.2) is 11.5 Å². The van der Waals surface area contributed by atoms with Crippen molar-refractivity contribution in [2.45, 2.75) is 52.4 Å². The molecule has 0 amide bonds. The van der Waals surface area contributed by atoms with Gasteiger partial charge >= 0.3 is 0 Å². The molecule has 2 aliphatic rings. The molecule has 0 unspecified atom stereocenters. The molecule has 3 rings (SSSR count). The van der Waals surface area contributed by atoms with Crippen LogP contribution in [0.4, 0.5) is 0 Å². The van der Waals surface area contributed by atoms with Crippen molar-refractivity contribution in [3.05, 3.63) is 22.7 Å². The van der Waals surface area contributed by atoms with E-state index in [2.05, 4.69) is 26.8 Å². The van der Waals surface area contributed by atoms with E-state index >= 15 is 0 Å². The molecule has 116 valence electrons. The largest absolute Gasteiger partial charge is 0.489 e. The van der Waals surface area contributed by atoms with Crippen LogP contribution in [0.5, 0.6) is 11.5 Å². The molecule has 1 aromatic carbocycles. The van der Waals surface area contributed by atoms with Crippen LogP contribution in [0, 0.1) is 11.3 Å². The van der Waals surface area contributed by atoms with E-state index in [-0.39, 0.29) is 5.41 Å². The number of hydrogen-bond donors (Lipinski definition) is 0. The third kappa shape index (κ3) is 3.31. The van der Waals surface area contributed by atoms with Crippen molar-refractivity contribution in [2.75, 3.05) is 13.2 Å². The molecule has 0 bridgehead atoms. The summed E-state index contributed by atoms with van der Waals surface area (Å²) in [5.41, 5.74) is 1.47. The molecule has 1 fully saturated rings. The van der Waals surface area contributed by atoms with Crippen LogP contribution in [0.2, 0.25) is 5.02 Å². The van der Waals surface area contributed by atoms with E-state index in [1.54, 1.807) is 0 Å². The zero-order valence-electron chi connectivity index (χ0n) is 13.2. The van der Waals surface area contributed by atoms with Crippen LogP contribution in [0.15, 0.2) is 12.1 Å². The second-order valence-electron chi connectivity index (χ2n) is 7.46. The van der Waals surface area contributed by atoms with Crippen molar-refractivity contribution in [1.29, 1.82) is 0 Å². The highest BCUT2D eigenvalue weighted by molar-refractivity contribution is 6.32. The molecule has 1 aromatic rings. The molecule has 1 heterocycles. The fourth-order valence-electron chi connectivity index (χ4n) is 3.11. The Morgan fingerprint density at radius 2 is 2.00 bits per heavy atom. The van der Waals surface area contributed by atoms with E-state index in [1.807, 2.05) is 6.07 Å². The van der Waals surface area contributed by atoms with Crippen LogP contribution in [0.1, 0.15) is 57.9 Å². The molecule has 0 radical (unpaired) electrons. The average Bonchev–Trinajstić information content (AvgIpc) is 3.21. The Hall–Kier alpha value is -0.890. The lowest BCUT2D eigenvalue weighted by Gasteiger charge is -2.31. The summed E-state index contributed by atoms with van der Waals surface area (Å²) in [6, 6.07) is 4.10. The van der Waals surface area contributed by atoms with Gasteiger partial charge in [0.05, 0.1) is 18.2 Å². The lowest BCUT2D eigenvalue weighted by Crippen LogP contribution is -2.18. The van der Waals surface area contributed by atoms with Crippen molar-refractivity contribution in [1.82, 2.24) is 0 Å². The zero-order valence-corrected chi connectivity index (χ0v) is 14.0. The fourth-order valence-corrected chi connectivity index (χ4v) is 3.32. The minimum absolute atomic E-state index is 0.212. The SMILES string of the molecule is CC(C)(C)[C@@H]1CCCOc2c1ccc(Cl)c2OCC1CC1. The van der Waals surface area contributed by atoms with Gasteiger partial charge in [0, 0.05) is 5.56 Å².